The van der Waals surface area contributed by atoms with E-state index in [4.69, 9.17) is 13.9 Å². The third-order valence-electron chi connectivity index (χ3n) is 6.52. The van der Waals surface area contributed by atoms with Crippen molar-refractivity contribution in [3.05, 3.63) is 35.5 Å². The highest BCUT2D eigenvalue weighted by atomic mass is 19.4. The Bertz CT molecular complexity index is 1040. The number of alkyl halides is 3. The Morgan fingerprint density at radius 2 is 2.00 bits per heavy atom. The molecule has 1 amide bonds. The highest BCUT2D eigenvalue weighted by Crippen LogP contribution is 2.34. The summed E-state index contributed by atoms with van der Waals surface area (Å²) in [5.41, 5.74) is -0.398. The first kappa shape index (κ1) is 22.9. The second-order valence-electron chi connectivity index (χ2n) is 9.05. The molecule has 0 bridgehead atoms. The van der Waals surface area contributed by atoms with E-state index in [1.807, 2.05) is 0 Å². The number of ether oxygens (including phenoxy) is 2. The summed E-state index contributed by atoms with van der Waals surface area (Å²) in [6.45, 7) is 1.62. The lowest BCUT2D eigenvalue weighted by Crippen LogP contribution is -2.23. The predicted molar refractivity (Wildman–Crippen MR) is 114 cm³/mol. The largest absolute Gasteiger partial charge is 0.487 e. The number of benzene rings is 1. The molecule has 3 fully saturated rings. The van der Waals surface area contributed by atoms with E-state index in [-0.39, 0.29) is 35.6 Å². The van der Waals surface area contributed by atoms with E-state index in [0.717, 1.165) is 38.2 Å². The van der Waals surface area contributed by atoms with E-state index in [2.05, 4.69) is 10.3 Å². The molecule has 1 aromatic carbocycles. The number of hydrogen-bond donors (Lipinski definition) is 1. The van der Waals surface area contributed by atoms with Gasteiger partial charge in [0.2, 0.25) is 0 Å². The monoisotopic (exact) mass is 483 g/mol. The number of anilines is 2. The lowest BCUT2D eigenvalue weighted by Gasteiger charge is -2.14. The number of carbonyl (C=O) groups excluding carboxylic acids is 1. The Hall–Kier alpha value is -2.82. The van der Waals surface area contributed by atoms with Crippen LogP contribution in [0.15, 0.2) is 22.6 Å². The molecule has 1 aromatic heterocycles. The number of halogens is 4. The normalized spacial score (nSPS) is 22.9. The summed E-state index contributed by atoms with van der Waals surface area (Å²) in [6.07, 6.45) is -1.45. The van der Waals surface area contributed by atoms with E-state index in [1.54, 1.807) is 4.90 Å². The van der Waals surface area contributed by atoms with Gasteiger partial charge in [-0.1, -0.05) is 0 Å². The number of nitrogens with zero attached hydrogens (tertiary/aromatic N) is 2. The third kappa shape index (κ3) is 4.98. The molecule has 0 spiro atoms. The van der Waals surface area contributed by atoms with Crippen molar-refractivity contribution < 1.29 is 36.2 Å². The molecule has 184 valence electrons. The molecule has 3 heterocycles. The van der Waals surface area contributed by atoms with Crippen LogP contribution in [0.25, 0.3) is 0 Å². The predicted octanol–water partition coefficient (Wildman–Crippen LogP) is 4.72. The lowest BCUT2D eigenvalue weighted by molar-refractivity contribution is -0.130. The van der Waals surface area contributed by atoms with Crippen LogP contribution >= 0.6 is 0 Å². The van der Waals surface area contributed by atoms with Crippen LogP contribution in [-0.4, -0.2) is 49.0 Å². The van der Waals surface area contributed by atoms with Crippen molar-refractivity contribution in [1.82, 2.24) is 4.98 Å². The molecule has 1 aliphatic carbocycles. The first-order valence-electron chi connectivity index (χ1n) is 11.5. The molecule has 2 aliphatic heterocycles. The van der Waals surface area contributed by atoms with Gasteiger partial charge >= 0.3 is 6.18 Å². The fraction of sp³-hybridized carbons (Fsp3) is 0.565. The molecule has 1 saturated carbocycles. The van der Waals surface area contributed by atoms with Crippen LogP contribution in [0.5, 0.6) is 5.75 Å². The van der Waals surface area contributed by atoms with Crippen LogP contribution < -0.4 is 15.0 Å². The summed E-state index contributed by atoms with van der Waals surface area (Å²) in [6, 6.07) is 3.87. The molecule has 0 unspecified atom stereocenters. The summed E-state index contributed by atoms with van der Waals surface area (Å²) in [4.78, 5) is 18.6. The van der Waals surface area contributed by atoms with Gasteiger partial charge in [0, 0.05) is 37.4 Å². The zero-order chi connectivity index (χ0) is 23.9. The third-order valence-corrected chi connectivity index (χ3v) is 6.52. The van der Waals surface area contributed by atoms with E-state index in [1.165, 1.54) is 12.1 Å². The zero-order valence-electron chi connectivity index (χ0n) is 18.4. The van der Waals surface area contributed by atoms with Gasteiger partial charge in [-0.25, -0.2) is 4.39 Å². The number of oxazole rings is 1. The van der Waals surface area contributed by atoms with Gasteiger partial charge in [0.05, 0.1) is 12.2 Å². The molecule has 5 rings (SSSR count). The fourth-order valence-electron chi connectivity index (χ4n) is 4.84. The van der Waals surface area contributed by atoms with E-state index < -0.39 is 35.8 Å². The Morgan fingerprint density at radius 3 is 2.71 bits per heavy atom. The average molecular weight is 483 g/mol. The molecule has 2 atom stereocenters. The van der Waals surface area contributed by atoms with Crippen molar-refractivity contribution in [1.29, 1.82) is 0 Å². The smallest absolute Gasteiger partial charge is 0.396 e. The molecule has 34 heavy (non-hydrogen) atoms. The maximum Gasteiger partial charge on any atom is 0.396 e. The second-order valence-corrected chi connectivity index (χ2v) is 9.05. The van der Waals surface area contributed by atoms with Crippen LogP contribution in [-0.2, 0) is 11.2 Å². The van der Waals surface area contributed by atoms with Gasteiger partial charge in [0.15, 0.2) is 17.3 Å². The fourth-order valence-corrected chi connectivity index (χ4v) is 4.84. The molecular weight excluding hydrogens is 458 g/mol. The molecule has 11 heteroatoms. The van der Waals surface area contributed by atoms with Gasteiger partial charge < -0.3 is 24.1 Å². The SMILES string of the molecule is O=C(Nc1ccc(OC2CCCC2)c(F)c1)c1nc(N2C[C@H]3CCO[C@H]3C2)oc1CC(F)(F)F. The second kappa shape index (κ2) is 9.09. The standard InChI is InChI=1S/C23H25F4N3O4/c24-16-9-14(5-6-17(16)33-15-3-1-2-4-15)28-21(31)20-18(10-23(25,26)27)34-22(29-20)30-11-13-7-8-32-19(13)12-30/h5-6,9,13,15,19H,1-4,7-8,10-12H2,(H,28,31)/t13-,19+/m1/s1. The van der Waals surface area contributed by atoms with Gasteiger partial charge in [-0.2, -0.15) is 18.2 Å². The van der Waals surface area contributed by atoms with E-state index in [9.17, 15) is 22.4 Å². The summed E-state index contributed by atoms with van der Waals surface area (Å²) >= 11 is 0. The Kier molecular flexibility index (Phi) is 6.13. The minimum Gasteiger partial charge on any atom is -0.487 e. The first-order chi connectivity index (χ1) is 16.2. The van der Waals surface area contributed by atoms with Gasteiger partial charge in [-0.15, -0.1) is 0 Å². The number of hydrogen-bond acceptors (Lipinski definition) is 6. The minimum atomic E-state index is -4.60. The van der Waals surface area contributed by atoms with Crippen molar-refractivity contribution in [2.45, 2.75) is 56.9 Å². The van der Waals surface area contributed by atoms with Gasteiger partial charge in [0.25, 0.3) is 11.9 Å². The summed E-state index contributed by atoms with van der Waals surface area (Å²) in [5, 5.41) is 2.42. The van der Waals surface area contributed by atoms with Gasteiger partial charge in [0.1, 0.15) is 12.2 Å². The number of fused-ring (bicyclic) bond motifs is 1. The van der Waals surface area contributed by atoms with Crippen molar-refractivity contribution in [2.24, 2.45) is 5.92 Å². The number of rotatable bonds is 6. The zero-order valence-corrected chi connectivity index (χ0v) is 18.4. The molecule has 3 aliphatic rings. The number of nitrogens with one attached hydrogen (secondary N) is 1. The van der Waals surface area contributed by atoms with E-state index in [0.29, 0.717) is 19.7 Å². The maximum atomic E-state index is 14.5. The summed E-state index contributed by atoms with van der Waals surface area (Å²) < 4.78 is 70.6. The van der Waals surface area contributed by atoms with E-state index >= 15 is 0 Å². The Balaban J connectivity index is 1.33. The van der Waals surface area contributed by atoms with Crippen LogP contribution in [0, 0.1) is 11.7 Å². The van der Waals surface area contributed by atoms with Crippen molar-refractivity contribution in [3.8, 4) is 5.75 Å². The molecule has 0 radical (unpaired) electrons. The molecule has 7 nitrogen and oxygen atoms in total. The van der Waals surface area contributed by atoms with Crippen molar-refractivity contribution in [3.63, 3.8) is 0 Å². The average Bonchev–Trinajstić information content (AvgIpc) is 3.52. The number of aromatic nitrogens is 1. The molecule has 1 N–H and O–H groups in total. The molecule has 2 aromatic rings. The number of amides is 1. The Morgan fingerprint density at radius 1 is 1.21 bits per heavy atom. The van der Waals surface area contributed by atoms with Crippen LogP contribution in [0.4, 0.5) is 29.3 Å². The highest BCUT2D eigenvalue weighted by Gasteiger charge is 2.41. The van der Waals surface area contributed by atoms with Gasteiger partial charge in [-0.3, -0.25) is 4.79 Å². The molecular formula is C23H25F4N3O4. The lowest BCUT2D eigenvalue weighted by atomic mass is 10.1. The van der Waals surface area contributed by atoms with Crippen LogP contribution in [0.2, 0.25) is 0 Å². The van der Waals surface area contributed by atoms with Crippen LogP contribution in [0.1, 0.15) is 48.4 Å². The summed E-state index contributed by atoms with van der Waals surface area (Å²) in [5.74, 6) is -1.82. The first-order valence-corrected chi connectivity index (χ1v) is 11.5. The maximum absolute atomic E-state index is 14.5. The Labute approximate surface area is 193 Å². The van der Waals surface area contributed by atoms with Crippen molar-refractivity contribution in [2.75, 3.05) is 29.9 Å². The number of carbonyl (C=O) groups is 1. The van der Waals surface area contributed by atoms with Gasteiger partial charge in [-0.05, 0) is 44.2 Å². The topological polar surface area (TPSA) is 76.8 Å². The highest BCUT2D eigenvalue weighted by molar-refractivity contribution is 6.03. The summed E-state index contributed by atoms with van der Waals surface area (Å²) in [7, 11) is 0. The quantitative estimate of drug-likeness (QED) is 0.600. The van der Waals surface area contributed by atoms with Crippen LogP contribution in [0.3, 0.4) is 0 Å². The molecule has 2 saturated heterocycles. The minimum absolute atomic E-state index is 0.0248. The van der Waals surface area contributed by atoms with Crippen molar-refractivity contribution >= 4 is 17.6 Å².